The minimum Gasteiger partial charge on any atom is -0.383 e. The second-order valence-corrected chi connectivity index (χ2v) is 6.02. The Hall–Kier alpha value is -2.29. The molecule has 20 heavy (non-hydrogen) atoms. The fourth-order valence-electron chi connectivity index (χ4n) is 2.49. The van der Waals surface area contributed by atoms with Crippen molar-refractivity contribution in [1.82, 2.24) is 14.9 Å². The lowest BCUT2D eigenvalue weighted by Gasteiger charge is -2.10. The molecule has 0 aliphatic heterocycles. The first-order valence-corrected chi connectivity index (χ1v) is 6.88. The van der Waals surface area contributed by atoms with Gasteiger partial charge in [0.05, 0.1) is 5.54 Å². The number of nitriles is 1. The first-order valence-electron chi connectivity index (χ1n) is 6.88. The first kappa shape index (κ1) is 11.5. The van der Waals surface area contributed by atoms with Gasteiger partial charge in [-0.15, -0.1) is 0 Å². The topological polar surface area (TPSA) is 93.7 Å². The Morgan fingerprint density at radius 3 is 2.85 bits per heavy atom. The number of nitrogens with two attached hydrogens (primary N) is 1. The van der Waals surface area contributed by atoms with Crippen LogP contribution in [-0.4, -0.2) is 14.9 Å². The van der Waals surface area contributed by atoms with E-state index >= 15 is 0 Å². The Morgan fingerprint density at radius 2 is 2.25 bits per heavy atom. The Morgan fingerprint density at radius 1 is 1.50 bits per heavy atom. The molecule has 6 heteroatoms. The molecule has 4 rings (SSSR count). The fraction of sp³-hybridized carbons (Fsp3) is 0.500. The number of nitrogen functional groups attached to an aromatic ring is 1. The van der Waals surface area contributed by atoms with Gasteiger partial charge >= 0.3 is 0 Å². The third-order valence-corrected chi connectivity index (χ3v) is 4.27. The van der Waals surface area contributed by atoms with Gasteiger partial charge in [0, 0.05) is 12.0 Å². The van der Waals surface area contributed by atoms with E-state index in [0.717, 1.165) is 31.4 Å². The monoisotopic (exact) mass is 269 g/mol. The van der Waals surface area contributed by atoms with Crippen LogP contribution in [0.15, 0.2) is 10.6 Å². The third kappa shape index (κ3) is 1.56. The second kappa shape index (κ2) is 3.63. The molecule has 0 unspecified atom stereocenters. The van der Waals surface area contributed by atoms with Crippen LogP contribution in [0.5, 0.6) is 0 Å². The Bertz CT molecular complexity index is 727. The molecule has 2 heterocycles. The van der Waals surface area contributed by atoms with Crippen LogP contribution in [0.2, 0.25) is 0 Å². The van der Waals surface area contributed by atoms with Crippen molar-refractivity contribution in [1.29, 1.82) is 5.26 Å². The average Bonchev–Trinajstić information content (AvgIpc) is 3.33. The molecule has 6 nitrogen and oxygen atoms in total. The molecule has 2 aromatic heterocycles. The van der Waals surface area contributed by atoms with Crippen molar-refractivity contribution in [3.63, 3.8) is 0 Å². The first-order chi connectivity index (χ1) is 9.62. The quantitative estimate of drug-likeness (QED) is 0.923. The largest absolute Gasteiger partial charge is 0.383 e. The normalized spacial score (nSPS) is 19.8. The molecule has 2 N–H and O–H groups in total. The molecule has 2 fully saturated rings. The smallest absolute Gasteiger partial charge is 0.141 e. The summed E-state index contributed by atoms with van der Waals surface area (Å²) in [7, 11) is 0. The Balaban J connectivity index is 1.82. The van der Waals surface area contributed by atoms with Crippen LogP contribution in [0.25, 0.3) is 11.4 Å². The van der Waals surface area contributed by atoms with Crippen molar-refractivity contribution in [3.8, 4) is 17.5 Å². The van der Waals surface area contributed by atoms with E-state index in [1.807, 2.05) is 6.07 Å². The van der Waals surface area contributed by atoms with Gasteiger partial charge in [-0.3, -0.25) is 0 Å². The van der Waals surface area contributed by atoms with E-state index in [4.69, 9.17) is 10.3 Å². The SMILES string of the molecule is CC1(n2nc(-c3cc(C4CC4)on3)c(C#N)c2N)CC1. The molecule has 0 saturated heterocycles. The number of nitrogens with zero attached hydrogens (tertiary/aromatic N) is 4. The van der Waals surface area contributed by atoms with Gasteiger partial charge in [0.25, 0.3) is 0 Å². The summed E-state index contributed by atoms with van der Waals surface area (Å²) in [6, 6.07) is 4.04. The third-order valence-electron chi connectivity index (χ3n) is 4.27. The predicted octanol–water partition coefficient (Wildman–Crippen LogP) is 2.38. The van der Waals surface area contributed by atoms with Crippen LogP contribution in [-0.2, 0) is 5.54 Å². The number of anilines is 1. The molecule has 2 aliphatic carbocycles. The zero-order valence-electron chi connectivity index (χ0n) is 11.3. The van der Waals surface area contributed by atoms with Gasteiger partial charge in [0.2, 0.25) is 0 Å². The lowest BCUT2D eigenvalue weighted by Crippen LogP contribution is -2.16. The molecule has 0 aromatic carbocycles. The lowest BCUT2D eigenvalue weighted by atomic mass is 10.2. The standard InChI is InChI=1S/C14H15N5O/c1-14(4-5-14)19-13(16)9(7-15)12(17-19)10-6-11(20-18-10)8-2-3-8/h6,8H,2-5,16H2,1H3. The molecule has 0 amide bonds. The molecule has 0 radical (unpaired) electrons. The molecule has 2 aromatic rings. The summed E-state index contributed by atoms with van der Waals surface area (Å²) < 4.78 is 7.11. The molecular formula is C14H15N5O. The van der Waals surface area contributed by atoms with Crippen molar-refractivity contribution < 1.29 is 4.52 Å². The number of aromatic nitrogens is 3. The Kier molecular flexibility index (Phi) is 2.09. The van der Waals surface area contributed by atoms with E-state index in [1.54, 1.807) is 4.68 Å². The summed E-state index contributed by atoms with van der Waals surface area (Å²) in [6.07, 6.45) is 4.37. The molecule has 102 valence electrons. The van der Waals surface area contributed by atoms with Crippen LogP contribution >= 0.6 is 0 Å². The fourth-order valence-corrected chi connectivity index (χ4v) is 2.49. The van der Waals surface area contributed by atoms with Gasteiger partial charge < -0.3 is 10.3 Å². The maximum atomic E-state index is 9.35. The van der Waals surface area contributed by atoms with Crippen molar-refractivity contribution in [3.05, 3.63) is 17.4 Å². The van der Waals surface area contributed by atoms with E-state index in [2.05, 4.69) is 23.2 Å². The molecule has 0 atom stereocenters. The molecule has 0 bridgehead atoms. The summed E-state index contributed by atoms with van der Waals surface area (Å²) in [5, 5.41) is 17.9. The zero-order valence-corrected chi connectivity index (χ0v) is 11.3. The van der Waals surface area contributed by atoms with Crippen molar-refractivity contribution in [2.75, 3.05) is 5.73 Å². The summed E-state index contributed by atoms with van der Waals surface area (Å²) >= 11 is 0. The van der Waals surface area contributed by atoms with Gasteiger partial charge in [-0.05, 0) is 32.6 Å². The van der Waals surface area contributed by atoms with Crippen LogP contribution in [0.4, 0.5) is 5.82 Å². The maximum Gasteiger partial charge on any atom is 0.141 e. The average molecular weight is 269 g/mol. The van der Waals surface area contributed by atoms with Gasteiger partial charge in [-0.2, -0.15) is 10.4 Å². The highest BCUT2D eigenvalue weighted by Crippen LogP contribution is 2.46. The van der Waals surface area contributed by atoms with E-state index < -0.39 is 0 Å². The van der Waals surface area contributed by atoms with Crippen LogP contribution in [0.3, 0.4) is 0 Å². The van der Waals surface area contributed by atoms with Gasteiger partial charge in [0.15, 0.2) is 0 Å². The van der Waals surface area contributed by atoms with Gasteiger partial charge in [-0.25, -0.2) is 4.68 Å². The Labute approximate surface area is 116 Å². The number of rotatable bonds is 3. The highest BCUT2D eigenvalue weighted by atomic mass is 16.5. The van der Waals surface area contributed by atoms with Gasteiger partial charge in [-0.1, -0.05) is 5.16 Å². The summed E-state index contributed by atoms with van der Waals surface area (Å²) in [5.74, 6) is 1.80. The van der Waals surface area contributed by atoms with Crippen LogP contribution in [0, 0.1) is 11.3 Å². The van der Waals surface area contributed by atoms with E-state index in [-0.39, 0.29) is 5.54 Å². The summed E-state index contributed by atoms with van der Waals surface area (Å²) in [6.45, 7) is 2.10. The molecule has 2 saturated carbocycles. The van der Waals surface area contributed by atoms with Crippen molar-refractivity contribution in [2.45, 2.75) is 44.1 Å². The van der Waals surface area contributed by atoms with Crippen molar-refractivity contribution >= 4 is 5.82 Å². The minimum atomic E-state index is -0.0447. The molecule has 0 spiro atoms. The highest BCUT2D eigenvalue weighted by molar-refractivity contribution is 5.70. The predicted molar refractivity (Wildman–Crippen MR) is 71.7 cm³/mol. The molecule has 2 aliphatic rings. The summed E-state index contributed by atoms with van der Waals surface area (Å²) in [4.78, 5) is 0. The number of hydrogen-bond donors (Lipinski definition) is 1. The van der Waals surface area contributed by atoms with Crippen LogP contribution < -0.4 is 5.73 Å². The second-order valence-electron chi connectivity index (χ2n) is 6.02. The highest BCUT2D eigenvalue weighted by Gasteiger charge is 2.43. The lowest BCUT2D eigenvalue weighted by molar-refractivity contribution is 0.386. The number of hydrogen-bond acceptors (Lipinski definition) is 5. The van der Waals surface area contributed by atoms with E-state index in [0.29, 0.717) is 28.7 Å². The van der Waals surface area contributed by atoms with Gasteiger partial charge in [0.1, 0.15) is 34.6 Å². The summed E-state index contributed by atoms with van der Waals surface area (Å²) in [5.41, 5.74) is 7.57. The van der Waals surface area contributed by atoms with E-state index in [9.17, 15) is 5.26 Å². The zero-order chi connectivity index (χ0) is 13.9. The van der Waals surface area contributed by atoms with Crippen molar-refractivity contribution in [2.24, 2.45) is 0 Å². The van der Waals surface area contributed by atoms with E-state index in [1.165, 1.54) is 0 Å². The van der Waals surface area contributed by atoms with Crippen LogP contribution in [0.1, 0.15) is 49.8 Å². The minimum absolute atomic E-state index is 0.0447. The molecular weight excluding hydrogens is 254 g/mol. The maximum absolute atomic E-state index is 9.35.